The van der Waals surface area contributed by atoms with Crippen LogP contribution >= 0.6 is 23.1 Å². The number of nitrogens with two attached hydrogens (primary N) is 1. The third-order valence-corrected chi connectivity index (χ3v) is 5.40. The lowest BCUT2D eigenvalue weighted by molar-refractivity contribution is 0.0339. The lowest BCUT2D eigenvalue weighted by atomic mass is 9.95. The lowest BCUT2D eigenvalue weighted by Gasteiger charge is -2.32. The Hall–Kier alpha value is -0.300. The van der Waals surface area contributed by atoms with E-state index in [1.807, 2.05) is 6.92 Å². The summed E-state index contributed by atoms with van der Waals surface area (Å²) in [5.74, 6) is 0.733. The number of nitrogen functional groups attached to an aromatic ring is 1. The zero-order chi connectivity index (χ0) is 11.6. The molecule has 1 fully saturated rings. The van der Waals surface area contributed by atoms with Crippen molar-refractivity contribution in [1.29, 1.82) is 0 Å². The van der Waals surface area contributed by atoms with Crippen LogP contribution in [0.4, 0.5) is 5.13 Å². The first kappa shape index (κ1) is 12.2. The van der Waals surface area contributed by atoms with Crippen molar-refractivity contribution in [3.05, 3.63) is 5.69 Å². The number of rotatable bonds is 3. The van der Waals surface area contributed by atoms with Gasteiger partial charge in [0.2, 0.25) is 0 Å². The van der Waals surface area contributed by atoms with Crippen LogP contribution in [0.15, 0.2) is 4.21 Å². The van der Waals surface area contributed by atoms with E-state index in [0.717, 1.165) is 41.6 Å². The van der Waals surface area contributed by atoms with Crippen LogP contribution in [-0.4, -0.2) is 34.5 Å². The van der Waals surface area contributed by atoms with Gasteiger partial charge >= 0.3 is 0 Å². The minimum Gasteiger partial charge on any atom is -0.389 e. The largest absolute Gasteiger partial charge is 0.389 e. The Morgan fingerprint density at radius 1 is 1.56 bits per heavy atom. The molecule has 16 heavy (non-hydrogen) atoms. The van der Waals surface area contributed by atoms with E-state index in [4.69, 9.17) is 5.73 Å². The SMILES string of the molecule is Cc1nc(N)sc1SCC1(O)CCNCC1. The molecular weight excluding hydrogens is 242 g/mol. The van der Waals surface area contributed by atoms with Gasteiger partial charge in [0.25, 0.3) is 0 Å². The maximum atomic E-state index is 10.3. The number of aromatic nitrogens is 1. The standard InChI is InChI=1S/C10H17N3OS2/c1-7-8(16-9(11)13-7)15-6-10(14)2-4-12-5-3-10/h12,14H,2-6H2,1H3,(H2,11,13). The van der Waals surface area contributed by atoms with E-state index in [-0.39, 0.29) is 0 Å². The summed E-state index contributed by atoms with van der Waals surface area (Å²) in [7, 11) is 0. The minimum absolute atomic E-state index is 0.527. The van der Waals surface area contributed by atoms with Crippen LogP contribution in [0.3, 0.4) is 0 Å². The highest BCUT2D eigenvalue weighted by molar-refractivity contribution is 8.01. The fraction of sp³-hybridized carbons (Fsp3) is 0.700. The van der Waals surface area contributed by atoms with Gasteiger partial charge in [-0.05, 0) is 32.9 Å². The van der Waals surface area contributed by atoms with E-state index < -0.39 is 5.60 Å². The highest BCUT2D eigenvalue weighted by atomic mass is 32.2. The first-order valence-electron chi connectivity index (χ1n) is 5.38. The Balaban J connectivity index is 1.93. The van der Waals surface area contributed by atoms with Gasteiger partial charge in [0.15, 0.2) is 5.13 Å². The number of nitrogens with one attached hydrogen (secondary N) is 1. The summed E-state index contributed by atoms with van der Waals surface area (Å²) in [5.41, 5.74) is 6.09. The molecule has 1 aliphatic rings. The molecule has 90 valence electrons. The maximum Gasteiger partial charge on any atom is 0.181 e. The number of aliphatic hydroxyl groups is 1. The summed E-state index contributed by atoms with van der Waals surface area (Å²) in [6.45, 7) is 3.77. The van der Waals surface area contributed by atoms with Crippen LogP contribution < -0.4 is 11.1 Å². The number of piperidine rings is 1. The summed E-state index contributed by atoms with van der Waals surface area (Å²) in [6, 6.07) is 0. The molecule has 1 aromatic rings. The van der Waals surface area contributed by atoms with Crippen molar-refractivity contribution >= 4 is 28.2 Å². The predicted molar refractivity (Wildman–Crippen MR) is 69.0 cm³/mol. The minimum atomic E-state index is -0.527. The van der Waals surface area contributed by atoms with Gasteiger partial charge in [-0.1, -0.05) is 11.3 Å². The first-order chi connectivity index (χ1) is 7.59. The van der Waals surface area contributed by atoms with Crippen molar-refractivity contribution in [2.45, 2.75) is 29.6 Å². The first-order valence-corrected chi connectivity index (χ1v) is 7.18. The molecule has 2 rings (SSSR count). The maximum absolute atomic E-state index is 10.3. The van der Waals surface area contributed by atoms with Gasteiger partial charge in [0.05, 0.1) is 15.5 Å². The van der Waals surface area contributed by atoms with E-state index >= 15 is 0 Å². The van der Waals surface area contributed by atoms with E-state index in [2.05, 4.69) is 10.3 Å². The quantitative estimate of drug-likeness (QED) is 0.712. The summed E-state index contributed by atoms with van der Waals surface area (Å²) in [4.78, 5) is 4.18. The topological polar surface area (TPSA) is 71.2 Å². The number of hydrogen-bond acceptors (Lipinski definition) is 6. The van der Waals surface area contributed by atoms with Crippen molar-refractivity contribution in [2.75, 3.05) is 24.6 Å². The average Bonchev–Trinajstić information content (AvgIpc) is 2.56. The lowest BCUT2D eigenvalue weighted by Crippen LogP contribution is -2.43. The zero-order valence-electron chi connectivity index (χ0n) is 9.32. The predicted octanol–water partition coefficient (Wildman–Crippen LogP) is 1.24. The zero-order valence-corrected chi connectivity index (χ0v) is 11.0. The number of thiazole rings is 1. The van der Waals surface area contributed by atoms with E-state index in [0.29, 0.717) is 5.13 Å². The molecule has 1 saturated heterocycles. The van der Waals surface area contributed by atoms with Gasteiger partial charge in [0.1, 0.15) is 0 Å². The Kier molecular flexibility index (Phi) is 3.73. The van der Waals surface area contributed by atoms with Gasteiger partial charge in [0, 0.05) is 5.75 Å². The van der Waals surface area contributed by atoms with Crippen LogP contribution in [0, 0.1) is 6.92 Å². The van der Waals surface area contributed by atoms with Crippen LogP contribution in [0.2, 0.25) is 0 Å². The van der Waals surface area contributed by atoms with Crippen molar-refractivity contribution in [1.82, 2.24) is 10.3 Å². The summed E-state index contributed by atoms with van der Waals surface area (Å²) in [5, 5.41) is 14.2. The van der Waals surface area contributed by atoms with E-state index in [1.165, 1.54) is 11.3 Å². The third kappa shape index (κ3) is 2.88. The molecule has 0 saturated carbocycles. The molecule has 0 aliphatic carbocycles. The van der Waals surface area contributed by atoms with Gasteiger partial charge in [-0.15, -0.1) is 11.8 Å². The molecule has 0 unspecified atom stereocenters. The Morgan fingerprint density at radius 2 is 2.25 bits per heavy atom. The summed E-state index contributed by atoms with van der Waals surface area (Å²) < 4.78 is 1.13. The number of aryl methyl sites for hydroxylation is 1. The fourth-order valence-corrected chi connectivity index (χ4v) is 3.95. The molecule has 0 amide bonds. The molecule has 4 N–H and O–H groups in total. The molecule has 0 spiro atoms. The van der Waals surface area contributed by atoms with Crippen molar-refractivity contribution in [3.63, 3.8) is 0 Å². The van der Waals surface area contributed by atoms with Gasteiger partial charge in [-0.3, -0.25) is 0 Å². The Bertz CT molecular complexity index is 361. The van der Waals surface area contributed by atoms with Crippen LogP contribution in [0.5, 0.6) is 0 Å². The number of anilines is 1. The molecule has 0 radical (unpaired) electrons. The van der Waals surface area contributed by atoms with Crippen molar-refractivity contribution < 1.29 is 5.11 Å². The molecule has 0 atom stereocenters. The second-order valence-electron chi connectivity index (χ2n) is 4.19. The van der Waals surface area contributed by atoms with Crippen molar-refractivity contribution in [3.8, 4) is 0 Å². The Labute approximate surface area is 104 Å². The second kappa shape index (κ2) is 4.91. The second-order valence-corrected chi connectivity index (χ2v) is 6.46. The number of nitrogens with zero attached hydrogens (tertiary/aromatic N) is 1. The highest BCUT2D eigenvalue weighted by Gasteiger charge is 2.29. The molecule has 1 aliphatic heterocycles. The van der Waals surface area contributed by atoms with Gasteiger partial charge < -0.3 is 16.2 Å². The number of hydrogen-bond donors (Lipinski definition) is 3. The highest BCUT2D eigenvalue weighted by Crippen LogP contribution is 2.34. The molecule has 2 heterocycles. The molecule has 1 aromatic heterocycles. The average molecular weight is 259 g/mol. The Morgan fingerprint density at radius 3 is 2.81 bits per heavy atom. The molecule has 4 nitrogen and oxygen atoms in total. The molecule has 6 heteroatoms. The number of thioether (sulfide) groups is 1. The molecular formula is C10H17N3OS2. The van der Waals surface area contributed by atoms with Crippen LogP contribution in [-0.2, 0) is 0 Å². The van der Waals surface area contributed by atoms with Gasteiger partial charge in [-0.2, -0.15) is 0 Å². The monoisotopic (exact) mass is 259 g/mol. The normalized spacial score (nSPS) is 19.9. The summed E-state index contributed by atoms with van der Waals surface area (Å²) in [6.07, 6.45) is 1.65. The van der Waals surface area contributed by atoms with Crippen molar-refractivity contribution in [2.24, 2.45) is 0 Å². The van der Waals surface area contributed by atoms with Gasteiger partial charge in [-0.25, -0.2) is 4.98 Å². The van der Waals surface area contributed by atoms with Crippen LogP contribution in [0.1, 0.15) is 18.5 Å². The fourth-order valence-electron chi connectivity index (χ4n) is 1.77. The summed E-state index contributed by atoms with van der Waals surface area (Å²) >= 11 is 3.18. The molecule has 0 bridgehead atoms. The molecule has 0 aromatic carbocycles. The van der Waals surface area contributed by atoms with Crippen LogP contribution in [0.25, 0.3) is 0 Å². The van der Waals surface area contributed by atoms with E-state index in [9.17, 15) is 5.11 Å². The third-order valence-electron chi connectivity index (χ3n) is 2.78. The smallest absolute Gasteiger partial charge is 0.181 e. The van der Waals surface area contributed by atoms with E-state index in [1.54, 1.807) is 11.8 Å².